The number of aromatic nitrogens is 1. The maximum Gasteiger partial charge on any atom is 0.219 e. The van der Waals surface area contributed by atoms with Gasteiger partial charge in [0.1, 0.15) is 11.6 Å². The van der Waals surface area contributed by atoms with E-state index in [9.17, 15) is 4.39 Å². The van der Waals surface area contributed by atoms with E-state index in [0.29, 0.717) is 24.2 Å². The molecule has 7 heteroatoms. The number of hydrogen-bond acceptors (Lipinski definition) is 4. The zero-order valence-electron chi connectivity index (χ0n) is 17.9. The third-order valence-corrected chi connectivity index (χ3v) is 5.07. The summed E-state index contributed by atoms with van der Waals surface area (Å²) in [5, 5.41) is 6.92. The van der Waals surface area contributed by atoms with Gasteiger partial charge < -0.3 is 20.3 Å². The Morgan fingerprint density at radius 1 is 1.20 bits per heavy atom. The maximum atomic E-state index is 13.1. The number of nitrogens with one attached hydrogen (secondary N) is 2. The molecule has 0 unspecified atom stereocenters. The van der Waals surface area contributed by atoms with Crippen LogP contribution in [0.3, 0.4) is 0 Å². The van der Waals surface area contributed by atoms with Crippen molar-refractivity contribution in [2.24, 2.45) is 4.99 Å². The van der Waals surface area contributed by atoms with E-state index in [1.165, 1.54) is 25.1 Å². The molecule has 0 spiro atoms. The lowest BCUT2D eigenvalue weighted by molar-refractivity contribution is 0.206. The number of hydrogen-bond donors (Lipinski definition) is 2. The van der Waals surface area contributed by atoms with E-state index >= 15 is 0 Å². The molecule has 0 aliphatic carbocycles. The molecular formula is C23H32FN5O. The third-order valence-electron chi connectivity index (χ3n) is 5.07. The molecule has 30 heavy (non-hydrogen) atoms. The number of guanidine groups is 1. The van der Waals surface area contributed by atoms with Crippen LogP contribution in [0.4, 0.5) is 4.39 Å². The number of likely N-dealkylation sites (tertiary alicyclic amines) is 1. The second kappa shape index (κ2) is 11.5. The SMILES string of the molecule is CCCN1CCC(NC(=NCc2ccnc(Oc3ccc(F)cc3)c2)NCC)CC1. The number of halogens is 1. The molecule has 162 valence electrons. The van der Waals surface area contributed by atoms with Crippen molar-refractivity contribution in [1.82, 2.24) is 20.5 Å². The third kappa shape index (κ3) is 6.99. The van der Waals surface area contributed by atoms with Crippen LogP contribution in [0.5, 0.6) is 11.6 Å². The van der Waals surface area contributed by atoms with Gasteiger partial charge in [-0.15, -0.1) is 0 Å². The summed E-state index contributed by atoms with van der Waals surface area (Å²) in [6.45, 7) is 9.10. The van der Waals surface area contributed by atoms with Gasteiger partial charge in [-0.25, -0.2) is 14.4 Å². The maximum absolute atomic E-state index is 13.1. The van der Waals surface area contributed by atoms with E-state index < -0.39 is 0 Å². The highest BCUT2D eigenvalue weighted by Gasteiger charge is 2.19. The molecular weight excluding hydrogens is 381 g/mol. The summed E-state index contributed by atoms with van der Waals surface area (Å²) in [5.74, 6) is 1.56. The Morgan fingerprint density at radius 3 is 2.67 bits per heavy atom. The van der Waals surface area contributed by atoms with E-state index in [4.69, 9.17) is 9.73 Å². The van der Waals surface area contributed by atoms with E-state index in [0.717, 1.165) is 44.0 Å². The summed E-state index contributed by atoms with van der Waals surface area (Å²) in [5.41, 5.74) is 0.997. The first-order chi connectivity index (χ1) is 14.7. The topological polar surface area (TPSA) is 61.8 Å². The lowest BCUT2D eigenvalue weighted by Crippen LogP contribution is -2.48. The van der Waals surface area contributed by atoms with Gasteiger partial charge in [-0.2, -0.15) is 0 Å². The largest absolute Gasteiger partial charge is 0.439 e. The molecule has 2 aromatic rings. The Hall–Kier alpha value is -2.67. The number of benzene rings is 1. The van der Waals surface area contributed by atoms with Crippen molar-refractivity contribution in [2.45, 2.75) is 45.7 Å². The van der Waals surface area contributed by atoms with Gasteiger partial charge in [0.15, 0.2) is 5.96 Å². The van der Waals surface area contributed by atoms with Crippen LogP contribution in [0.1, 0.15) is 38.7 Å². The first kappa shape index (κ1) is 22.0. The van der Waals surface area contributed by atoms with Crippen LogP contribution in [0.25, 0.3) is 0 Å². The summed E-state index contributed by atoms with van der Waals surface area (Å²) in [4.78, 5) is 11.5. The average Bonchev–Trinajstić information content (AvgIpc) is 2.76. The number of ether oxygens (including phenoxy) is 1. The minimum atomic E-state index is -0.294. The normalized spacial score (nSPS) is 15.8. The van der Waals surface area contributed by atoms with E-state index in [2.05, 4.69) is 34.4 Å². The van der Waals surface area contributed by atoms with Crippen LogP contribution in [-0.2, 0) is 6.54 Å². The summed E-state index contributed by atoms with van der Waals surface area (Å²) < 4.78 is 18.8. The predicted octanol–water partition coefficient (Wildman–Crippen LogP) is 3.94. The van der Waals surface area contributed by atoms with Crippen molar-refractivity contribution in [3.63, 3.8) is 0 Å². The Labute approximate surface area is 178 Å². The van der Waals surface area contributed by atoms with E-state index in [1.807, 2.05) is 12.1 Å². The fourth-order valence-corrected chi connectivity index (χ4v) is 3.53. The summed E-state index contributed by atoms with van der Waals surface area (Å²) >= 11 is 0. The standard InChI is InChI=1S/C23H32FN5O/c1-3-13-29-14-10-20(11-15-29)28-23(25-4-2)27-17-18-9-12-26-22(16-18)30-21-7-5-19(24)6-8-21/h5-9,12,16,20H,3-4,10-11,13-15,17H2,1-2H3,(H2,25,27,28). The average molecular weight is 414 g/mol. The Bertz CT molecular complexity index is 803. The summed E-state index contributed by atoms with van der Waals surface area (Å²) in [7, 11) is 0. The van der Waals surface area contributed by atoms with Gasteiger partial charge in [0.2, 0.25) is 5.88 Å². The molecule has 0 bridgehead atoms. The van der Waals surface area contributed by atoms with Gasteiger partial charge in [0, 0.05) is 37.9 Å². The van der Waals surface area contributed by atoms with Crippen LogP contribution in [0.15, 0.2) is 47.6 Å². The highest BCUT2D eigenvalue weighted by atomic mass is 19.1. The van der Waals surface area contributed by atoms with Gasteiger partial charge in [-0.05, 0) is 68.6 Å². The number of pyridine rings is 1. The molecule has 3 rings (SSSR count). The van der Waals surface area contributed by atoms with E-state index in [-0.39, 0.29) is 5.82 Å². The van der Waals surface area contributed by atoms with Crippen molar-refractivity contribution in [2.75, 3.05) is 26.2 Å². The Balaban J connectivity index is 1.57. The molecule has 1 saturated heterocycles. The van der Waals surface area contributed by atoms with Crippen LogP contribution >= 0.6 is 0 Å². The number of piperidine rings is 1. The molecule has 2 heterocycles. The van der Waals surface area contributed by atoms with Crippen molar-refractivity contribution in [1.29, 1.82) is 0 Å². The zero-order chi connectivity index (χ0) is 21.2. The molecule has 2 N–H and O–H groups in total. The number of rotatable bonds is 8. The van der Waals surface area contributed by atoms with Crippen LogP contribution in [0, 0.1) is 5.82 Å². The molecule has 1 aliphatic rings. The Morgan fingerprint density at radius 2 is 1.97 bits per heavy atom. The van der Waals surface area contributed by atoms with E-state index in [1.54, 1.807) is 18.3 Å². The molecule has 0 saturated carbocycles. The summed E-state index contributed by atoms with van der Waals surface area (Å²) in [6.07, 6.45) is 5.18. The molecule has 1 aliphatic heterocycles. The quantitative estimate of drug-likeness (QED) is 0.507. The minimum Gasteiger partial charge on any atom is -0.439 e. The smallest absolute Gasteiger partial charge is 0.219 e. The van der Waals surface area contributed by atoms with Gasteiger partial charge >= 0.3 is 0 Å². The first-order valence-corrected chi connectivity index (χ1v) is 10.8. The minimum absolute atomic E-state index is 0.294. The highest BCUT2D eigenvalue weighted by Crippen LogP contribution is 2.20. The second-order valence-corrected chi connectivity index (χ2v) is 7.51. The second-order valence-electron chi connectivity index (χ2n) is 7.51. The molecule has 6 nitrogen and oxygen atoms in total. The summed E-state index contributed by atoms with van der Waals surface area (Å²) in [6, 6.07) is 10.1. The van der Waals surface area contributed by atoms with Crippen LogP contribution in [-0.4, -0.2) is 48.1 Å². The lowest BCUT2D eigenvalue weighted by atomic mass is 10.1. The van der Waals surface area contributed by atoms with Crippen molar-refractivity contribution < 1.29 is 9.13 Å². The van der Waals surface area contributed by atoms with Gasteiger partial charge in [0.25, 0.3) is 0 Å². The molecule has 0 amide bonds. The molecule has 0 atom stereocenters. The predicted molar refractivity (Wildman–Crippen MR) is 118 cm³/mol. The fraction of sp³-hybridized carbons (Fsp3) is 0.478. The molecule has 1 fully saturated rings. The van der Waals surface area contributed by atoms with Crippen molar-refractivity contribution in [3.8, 4) is 11.6 Å². The monoisotopic (exact) mass is 413 g/mol. The highest BCUT2D eigenvalue weighted by molar-refractivity contribution is 5.80. The first-order valence-electron chi connectivity index (χ1n) is 10.8. The number of nitrogens with zero attached hydrogens (tertiary/aromatic N) is 3. The van der Waals surface area contributed by atoms with Gasteiger partial charge in [-0.1, -0.05) is 6.92 Å². The molecule has 0 radical (unpaired) electrons. The van der Waals surface area contributed by atoms with Gasteiger partial charge in [-0.3, -0.25) is 0 Å². The fourth-order valence-electron chi connectivity index (χ4n) is 3.53. The zero-order valence-corrected chi connectivity index (χ0v) is 17.9. The van der Waals surface area contributed by atoms with Gasteiger partial charge in [0.05, 0.1) is 6.54 Å². The number of aliphatic imine (C=N–C) groups is 1. The van der Waals surface area contributed by atoms with Crippen LogP contribution < -0.4 is 15.4 Å². The molecule has 1 aromatic carbocycles. The lowest BCUT2D eigenvalue weighted by Gasteiger charge is -2.32. The molecule has 1 aromatic heterocycles. The van der Waals surface area contributed by atoms with Crippen molar-refractivity contribution >= 4 is 5.96 Å². The Kier molecular flexibility index (Phi) is 8.44. The van der Waals surface area contributed by atoms with Crippen molar-refractivity contribution in [3.05, 3.63) is 54.0 Å². The van der Waals surface area contributed by atoms with Crippen LogP contribution in [0.2, 0.25) is 0 Å².